The van der Waals surface area contributed by atoms with Crippen molar-refractivity contribution < 1.29 is 0 Å². The van der Waals surface area contributed by atoms with Crippen LogP contribution >= 0.6 is 11.8 Å². The lowest BCUT2D eigenvalue weighted by Gasteiger charge is -2.05. The number of thioether (sulfide) groups is 1. The minimum atomic E-state index is 0.813. The largest absolute Gasteiger partial charge is 0.159 e. The van der Waals surface area contributed by atoms with Crippen LogP contribution in [0.1, 0.15) is 26.7 Å². The molecular formula is C8H16S. The Morgan fingerprint density at radius 2 is 2.33 bits per heavy atom. The van der Waals surface area contributed by atoms with Gasteiger partial charge in [0.1, 0.15) is 0 Å². The number of hydrogen-bond acceptors (Lipinski definition) is 1. The van der Waals surface area contributed by atoms with Crippen molar-refractivity contribution in [2.75, 3.05) is 5.75 Å². The summed E-state index contributed by atoms with van der Waals surface area (Å²) in [7, 11) is 0. The van der Waals surface area contributed by atoms with Gasteiger partial charge in [-0.2, -0.15) is 11.8 Å². The Morgan fingerprint density at radius 3 is 2.78 bits per heavy atom. The summed E-state index contributed by atoms with van der Waals surface area (Å²) in [4.78, 5) is 0. The van der Waals surface area contributed by atoms with Crippen molar-refractivity contribution in [3.8, 4) is 0 Å². The maximum atomic E-state index is 3.68. The van der Waals surface area contributed by atoms with Crippen LogP contribution in [0.4, 0.5) is 0 Å². The van der Waals surface area contributed by atoms with Crippen molar-refractivity contribution in [2.24, 2.45) is 0 Å². The van der Waals surface area contributed by atoms with E-state index in [1.54, 1.807) is 0 Å². The molecule has 1 heteroatoms. The quantitative estimate of drug-likeness (QED) is 0.534. The number of allylic oxidation sites excluding steroid dienone is 1. The first-order chi connectivity index (χ1) is 4.31. The van der Waals surface area contributed by atoms with E-state index in [9.17, 15) is 0 Å². The summed E-state index contributed by atoms with van der Waals surface area (Å²) in [5.41, 5.74) is 0. The molecule has 1 unspecified atom stereocenters. The predicted octanol–water partition coefficient (Wildman–Crippen LogP) is 3.09. The van der Waals surface area contributed by atoms with E-state index >= 15 is 0 Å². The van der Waals surface area contributed by atoms with Crippen LogP contribution < -0.4 is 0 Å². The van der Waals surface area contributed by atoms with Gasteiger partial charge in [0.2, 0.25) is 0 Å². The van der Waals surface area contributed by atoms with Gasteiger partial charge in [-0.15, -0.1) is 6.58 Å². The monoisotopic (exact) mass is 144 g/mol. The highest BCUT2D eigenvalue weighted by Crippen LogP contribution is 2.14. The molecule has 0 rings (SSSR count). The molecule has 0 radical (unpaired) electrons. The van der Waals surface area contributed by atoms with Gasteiger partial charge < -0.3 is 0 Å². The fourth-order valence-electron chi connectivity index (χ4n) is 0.720. The van der Waals surface area contributed by atoms with Gasteiger partial charge in [-0.05, 0) is 18.6 Å². The highest BCUT2D eigenvalue weighted by Gasteiger charge is 1.96. The van der Waals surface area contributed by atoms with Crippen LogP contribution in [0.25, 0.3) is 0 Å². The number of rotatable bonds is 5. The van der Waals surface area contributed by atoms with Crippen molar-refractivity contribution >= 4 is 11.8 Å². The fourth-order valence-corrected chi connectivity index (χ4v) is 1.59. The van der Waals surface area contributed by atoms with E-state index in [1.807, 2.05) is 17.8 Å². The summed E-state index contributed by atoms with van der Waals surface area (Å²) >= 11 is 2.02. The minimum absolute atomic E-state index is 0.813. The lowest BCUT2D eigenvalue weighted by molar-refractivity contribution is 0.833. The lowest BCUT2D eigenvalue weighted by Crippen LogP contribution is -1.94. The second-order valence-electron chi connectivity index (χ2n) is 2.13. The molecule has 0 heterocycles. The Labute approximate surface area is 62.7 Å². The van der Waals surface area contributed by atoms with Crippen LogP contribution in [0, 0.1) is 0 Å². The Hall–Kier alpha value is 0.0900. The lowest BCUT2D eigenvalue weighted by atomic mass is 10.2. The maximum absolute atomic E-state index is 3.68. The van der Waals surface area contributed by atoms with Crippen molar-refractivity contribution in [1.82, 2.24) is 0 Å². The summed E-state index contributed by atoms with van der Waals surface area (Å²) in [5.74, 6) is 1.23. The van der Waals surface area contributed by atoms with E-state index in [-0.39, 0.29) is 0 Å². The van der Waals surface area contributed by atoms with Crippen LogP contribution in [0.3, 0.4) is 0 Å². The molecule has 0 aromatic carbocycles. The van der Waals surface area contributed by atoms with Gasteiger partial charge in [0.05, 0.1) is 0 Å². The molecule has 0 bridgehead atoms. The molecule has 9 heavy (non-hydrogen) atoms. The zero-order valence-corrected chi connectivity index (χ0v) is 7.21. The molecular weight excluding hydrogens is 128 g/mol. The van der Waals surface area contributed by atoms with Crippen molar-refractivity contribution in [1.29, 1.82) is 0 Å². The molecule has 1 atom stereocenters. The predicted molar refractivity (Wildman–Crippen MR) is 47.0 cm³/mol. The molecule has 0 aliphatic heterocycles. The van der Waals surface area contributed by atoms with Gasteiger partial charge in [0.25, 0.3) is 0 Å². The van der Waals surface area contributed by atoms with Crippen LogP contribution in [-0.4, -0.2) is 11.0 Å². The zero-order chi connectivity index (χ0) is 7.11. The second kappa shape index (κ2) is 6.21. The number of hydrogen-bond donors (Lipinski definition) is 0. The van der Waals surface area contributed by atoms with Crippen molar-refractivity contribution in [3.05, 3.63) is 12.7 Å². The SMILES string of the molecule is C=CCCC(C)SCC. The standard InChI is InChI=1S/C8H16S/c1-4-6-7-8(3)9-5-2/h4,8H,1,5-7H2,2-3H3. The van der Waals surface area contributed by atoms with Crippen LogP contribution in [0.15, 0.2) is 12.7 Å². The Balaban J connectivity index is 3.04. The summed E-state index contributed by atoms with van der Waals surface area (Å²) in [6.07, 6.45) is 4.43. The zero-order valence-electron chi connectivity index (χ0n) is 6.39. The van der Waals surface area contributed by atoms with E-state index in [2.05, 4.69) is 20.4 Å². The summed E-state index contributed by atoms with van der Waals surface area (Å²) < 4.78 is 0. The first-order valence-electron chi connectivity index (χ1n) is 3.53. The Kier molecular flexibility index (Phi) is 6.28. The summed E-state index contributed by atoms with van der Waals surface area (Å²) in [6, 6.07) is 0. The summed E-state index contributed by atoms with van der Waals surface area (Å²) in [5, 5.41) is 0.813. The highest BCUT2D eigenvalue weighted by atomic mass is 32.2. The Morgan fingerprint density at radius 1 is 1.67 bits per heavy atom. The average Bonchev–Trinajstić information content (AvgIpc) is 1.85. The molecule has 54 valence electrons. The molecule has 0 aliphatic carbocycles. The van der Waals surface area contributed by atoms with E-state index in [1.165, 1.54) is 12.2 Å². The molecule has 0 aliphatic rings. The molecule has 0 nitrogen and oxygen atoms in total. The molecule has 0 aromatic rings. The van der Waals surface area contributed by atoms with Gasteiger partial charge in [-0.1, -0.05) is 19.9 Å². The van der Waals surface area contributed by atoms with E-state index in [0.717, 1.165) is 11.7 Å². The first-order valence-corrected chi connectivity index (χ1v) is 4.58. The van der Waals surface area contributed by atoms with Gasteiger partial charge >= 0.3 is 0 Å². The highest BCUT2D eigenvalue weighted by molar-refractivity contribution is 7.99. The third-order valence-electron chi connectivity index (χ3n) is 1.23. The molecule has 0 N–H and O–H groups in total. The van der Waals surface area contributed by atoms with Crippen LogP contribution in [-0.2, 0) is 0 Å². The van der Waals surface area contributed by atoms with Gasteiger partial charge in [0, 0.05) is 5.25 Å². The molecule has 0 fully saturated rings. The van der Waals surface area contributed by atoms with Gasteiger partial charge in [-0.3, -0.25) is 0 Å². The third kappa shape index (κ3) is 5.97. The van der Waals surface area contributed by atoms with E-state index in [4.69, 9.17) is 0 Å². The van der Waals surface area contributed by atoms with Gasteiger partial charge in [-0.25, -0.2) is 0 Å². The van der Waals surface area contributed by atoms with E-state index < -0.39 is 0 Å². The van der Waals surface area contributed by atoms with Gasteiger partial charge in [0.15, 0.2) is 0 Å². The molecule has 0 saturated heterocycles. The van der Waals surface area contributed by atoms with E-state index in [0.29, 0.717) is 0 Å². The third-order valence-corrected chi connectivity index (χ3v) is 2.37. The Bertz CT molecular complexity index is 69.0. The molecule has 0 spiro atoms. The summed E-state index contributed by atoms with van der Waals surface area (Å²) in [6.45, 7) is 8.16. The smallest absolute Gasteiger partial charge is 0.00215 e. The normalized spacial score (nSPS) is 13.1. The van der Waals surface area contributed by atoms with Crippen molar-refractivity contribution in [3.63, 3.8) is 0 Å². The van der Waals surface area contributed by atoms with Crippen molar-refractivity contribution in [2.45, 2.75) is 31.9 Å². The topological polar surface area (TPSA) is 0 Å². The minimum Gasteiger partial charge on any atom is -0.159 e. The molecule has 0 aromatic heterocycles. The first kappa shape index (κ1) is 9.09. The van der Waals surface area contributed by atoms with Crippen LogP contribution in [0.5, 0.6) is 0 Å². The molecule has 0 saturated carbocycles. The van der Waals surface area contributed by atoms with Crippen LogP contribution in [0.2, 0.25) is 0 Å². The molecule has 0 amide bonds. The average molecular weight is 144 g/mol. The maximum Gasteiger partial charge on any atom is 0.00215 e. The fraction of sp³-hybridized carbons (Fsp3) is 0.750. The second-order valence-corrected chi connectivity index (χ2v) is 3.85.